The smallest absolute Gasteiger partial charge is 0.119 e. The van der Waals surface area contributed by atoms with E-state index in [9.17, 15) is 0 Å². The van der Waals surface area contributed by atoms with Gasteiger partial charge in [-0.3, -0.25) is 0 Å². The third-order valence-corrected chi connectivity index (χ3v) is 2.14. The Morgan fingerprint density at radius 3 is 2.93 bits per heavy atom. The first kappa shape index (κ1) is 12.0. The highest BCUT2D eigenvalue weighted by atomic mass is 16.5. The first-order chi connectivity index (χ1) is 7.36. The Bertz CT molecular complexity index is 276. The molecule has 0 aromatic heterocycles. The molecular formula is C12H19NO2. The topological polar surface area (TPSA) is 41.5 Å². The van der Waals surface area contributed by atoms with E-state index in [2.05, 4.69) is 24.4 Å². The SMILES string of the molecule is CCc1cccc(OCCNCCO)c1. The van der Waals surface area contributed by atoms with Gasteiger partial charge in [-0.15, -0.1) is 0 Å². The molecule has 0 radical (unpaired) electrons. The van der Waals surface area contributed by atoms with E-state index < -0.39 is 0 Å². The van der Waals surface area contributed by atoms with Gasteiger partial charge < -0.3 is 15.2 Å². The summed E-state index contributed by atoms with van der Waals surface area (Å²) in [6.45, 7) is 4.32. The van der Waals surface area contributed by atoms with Gasteiger partial charge in [0, 0.05) is 13.1 Å². The van der Waals surface area contributed by atoms with Crippen molar-refractivity contribution in [2.45, 2.75) is 13.3 Å². The Kier molecular flexibility index (Phi) is 5.81. The average molecular weight is 209 g/mol. The number of benzene rings is 1. The average Bonchev–Trinajstić information content (AvgIpc) is 2.29. The lowest BCUT2D eigenvalue weighted by molar-refractivity contribution is 0.276. The van der Waals surface area contributed by atoms with Crippen molar-refractivity contribution in [1.82, 2.24) is 5.32 Å². The lowest BCUT2D eigenvalue weighted by atomic mass is 10.2. The van der Waals surface area contributed by atoms with Crippen LogP contribution in [0.3, 0.4) is 0 Å². The number of aliphatic hydroxyl groups is 1. The summed E-state index contributed by atoms with van der Waals surface area (Å²) in [5.41, 5.74) is 1.29. The summed E-state index contributed by atoms with van der Waals surface area (Å²) in [7, 11) is 0. The van der Waals surface area contributed by atoms with Gasteiger partial charge in [-0.2, -0.15) is 0 Å². The van der Waals surface area contributed by atoms with Crippen LogP contribution in [0, 0.1) is 0 Å². The molecule has 0 aliphatic heterocycles. The summed E-state index contributed by atoms with van der Waals surface area (Å²) in [6, 6.07) is 8.13. The minimum atomic E-state index is 0.172. The van der Waals surface area contributed by atoms with Crippen LogP contribution in [-0.4, -0.2) is 31.4 Å². The standard InChI is InChI=1S/C12H19NO2/c1-2-11-4-3-5-12(10-11)15-9-7-13-6-8-14/h3-5,10,13-14H,2,6-9H2,1H3. The Labute approximate surface area is 91.1 Å². The van der Waals surface area contributed by atoms with Crippen molar-refractivity contribution in [1.29, 1.82) is 0 Å². The molecule has 0 saturated carbocycles. The van der Waals surface area contributed by atoms with Crippen LogP contribution in [-0.2, 0) is 6.42 Å². The summed E-state index contributed by atoms with van der Waals surface area (Å²) in [6.07, 6.45) is 1.03. The molecule has 0 unspecified atom stereocenters. The number of hydrogen-bond acceptors (Lipinski definition) is 3. The van der Waals surface area contributed by atoms with Crippen molar-refractivity contribution in [3.63, 3.8) is 0 Å². The number of nitrogens with one attached hydrogen (secondary N) is 1. The minimum absolute atomic E-state index is 0.172. The molecule has 0 bridgehead atoms. The molecule has 15 heavy (non-hydrogen) atoms. The normalized spacial score (nSPS) is 10.3. The van der Waals surface area contributed by atoms with Gasteiger partial charge in [-0.05, 0) is 24.1 Å². The minimum Gasteiger partial charge on any atom is -0.492 e. The van der Waals surface area contributed by atoms with E-state index in [1.807, 2.05) is 12.1 Å². The van der Waals surface area contributed by atoms with E-state index in [4.69, 9.17) is 9.84 Å². The number of aryl methyl sites for hydroxylation is 1. The fourth-order valence-corrected chi connectivity index (χ4v) is 1.30. The zero-order valence-electron chi connectivity index (χ0n) is 9.20. The Morgan fingerprint density at radius 1 is 1.33 bits per heavy atom. The van der Waals surface area contributed by atoms with Gasteiger partial charge in [0.15, 0.2) is 0 Å². The summed E-state index contributed by atoms with van der Waals surface area (Å²) >= 11 is 0. The Hall–Kier alpha value is -1.06. The highest BCUT2D eigenvalue weighted by molar-refractivity contribution is 5.28. The predicted molar refractivity (Wildman–Crippen MR) is 61.3 cm³/mol. The predicted octanol–water partition coefficient (Wildman–Crippen LogP) is 1.21. The molecule has 0 atom stereocenters. The lowest BCUT2D eigenvalue weighted by Gasteiger charge is -2.07. The Balaban J connectivity index is 2.24. The summed E-state index contributed by atoms with van der Waals surface area (Å²) in [4.78, 5) is 0. The largest absolute Gasteiger partial charge is 0.492 e. The molecule has 1 rings (SSSR count). The van der Waals surface area contributed by atoms with Gasteiger partial charge in [0.2, 0.25) is 0 Å². The summed E-state index contributed by atoms with van der Waals surface area (Å²) < 4.78 is 5.55. The third-order valence-electron chi connectivity index (χ3n) is 2.14. The van der Waals surface area contributed by atoms with Crippen LogP contribution in [0.25, 0.3) is 0 Å². The number of rotatable bonds is 7. The molecule has 0 aliphatic rings. The Morgan fingerprint density at radius 2 is 2.20 bits per heavy atom. The summed E-state index contributed by atoms with van der Waals surface area (Å²) in [5.74, 6) is 0.917. The van der Waals surface area contributed by atoms with Crippen molar-refractivity contribution in [2.24, 2.45) is 0 Å². The first-order valence-corrected chi connectivity index (χ1v) is 5.40. The van der Waals surface area contributed by atoms with Gasteiger partial charge in [-0.25, -0.2) is 0 Å². The van der Waals surface area contributed by atoms with Crippen molar-refractivity contribution >= 4 is 0 Å². The van der Waals surface area contributed by atoms with Gasteiger partial charge in [0.25, 0.3) is 0 Å². The lowest BCUT2D eigenvalue weighted by Crippen LogP contribution is -2.23. The van der Waals surface area contributed by atoms with Crippen LogP contribution in [0.2, 0.25) is 0 Å². The molecular weight excluding hydrogens is 190 g/mol. The second kappa shape index (κ2) is 7.26. The molecule has 0 heterocycles. The van der Waals surface area contributed by atoms with Crippen LogP contribution < -0.4 is 10.1 Å². The van der Waals surface area contributed by atoms with Gasteiger partial charge in [0.05, 0.1) is 6.61 Å². The fourth-order valence-electron chi connectivity index (χ4n) is 1.30. The summed E-state index contributed by atoms with van der Waals surface area (Å²) in [5, 5.41) is 11.6. The maximum atomic E-state index is 8.55. The van der Waals surface area contributed by atoms with E-state index >= 15 is 0 Å². The molecule has 2 N–H and O–H groups in total. The van der Waals surface area contributed by atoms with Gasteiger partial charge >= 0.3 is 0 Å². The van der Waals surface area contributed by atoms with Crippen molar-refractivity contribution in [3.8, 4) is 5.75 Å². The van der Waals surface area contributed by atoms with Crippen molar-refractivity contribution in [3.05, 3.63) is 29.8 Å². The van der Waals surface area contributed by atoms with Gasteiger partial charge in [-0.1, -0.05) is 19.1 Å². The van der Waals surface area contributed by atoms with E-state index in [0.29, 0.717) is 13.2 Å². The number of aliphatic hydroxyl groups excluding tert-OH is 1. The number of hydrogen-bond donors (Lipinski definition) is 2. The number of ether oxygens (including phenoxy) is 1. The molecule has 0 amide bonds. The monoisotopic (exact) mass is 209 g/mol. The van der Waals surface area contributed by atoms with Crippen molar-refractivity contribution < 1.29 is 9.84 Å². The van der Waals surface area contributed by atoms with E-state index in [1.54, 1.807) is 0 Å². The van der Waals surface area contributed by atoms with Crippen LogP contribution in [0.1, 0.15) is 12.5 Å². The zero-order valence-corrected chi connectivity index (χ0v) is 9.20. The highest BCUT2D eigenvalue weighted by Crippen LogP contribution is 2.13. The molecule has 1 aromatic carbocycles. The van der Waals surface area contributed by atoms with Gasteiger partial charge in [0.1, 0.15) is 12.4 Å². The molecule has 1 aromatic rings. The van der Waals surface area contributed by atoms with E-state index in [1.165, 1.54) is 5.56 Å². The van der Waals surface area contributed by atoms with Crippen LogP contribution in [0.15, 0.2) is 24.3 Å². The molecule has 3 heteroatoms. The quantitative estimate of drug-likeness (QED) is 0.663. The van der Waals surface area contributed by atoms with E-state index in [0.717, 1.165) is 18.7 Å². The maximum Gasteiger partial charge on any atom is 0.119 e. The molecule has 84 valence electrons. The van der Waals surface area contributed by atoms with Crippen LogP contribution in [0.4, 0.5) is 0 Å². The zero-order chi connectivity index (χ0) is 10.9. The highest BCUT2D eigenvalue weighted by Gasteiger charge is 1.94. The molecule has 0 fully saturated rings. The first-order valence-electron chi connectivity index (χ1n) is 5.40. The second-order valence-electron chi connectivity index (χ2n) is 3.32. The third kappa shape index (κ3) is 4.81. The maximum absolute atomic E-state index is 8.55. The molecule has 0 aliphatic carbocycles. The molecule has 0 spiro atoms. The van der Waals surface area contributed by atoms with Crippen LogP contribution in [0.5, 0.6) is 5.75 Å². The molecule has 3 nitrogen and oxygen atoms in total. The second-order valence-corrected chi connectivity index (χ2v) is 3.32. The molecule has 0 saturated heterocycles. The fraction of sp³-hybridized carbons (Fsp3) is 0.500. The van der Waals surface area contributed by atoms with Crippen molar-refractivity contribution in [2.75, 3.05) is 26.3 Å². The van der Waals surface area contributed by atoms with Crippen LogP contribution >= 0.6 is 0 Å². The van der Waals surface area contributed by atoms with E-state index in [-0.39, 0.29) is 6.61 Å².